The Kier molecular flexibility index (Phi) is 12.4. The normalized spacial score (nSPS) is 33.0. The summed E-state index contributed by atoms with van der Waals surface area (Å²) in [5, 5.41) is 0. The van der Waals surface area contributed by atoms with Crippen LogP contribution in [0.4, 0.5) is 0 Å². The largest absolute Gasteiger partial charge is 0.425 e. The summed E-state index contributed by atoms with van der Waals surface area (Å²) in [4.78, 5) is 0. The summed E-state index contributed by atoms with van der Waals surface area (Å²) in [6, 6.07) is 0. The van der Waals surface area contributed by atoms with E-state index in [4.69, 9.17) is 41.2 Å². The van der Waals surface area contributed by atoms with Gasteiger partial charge >= 0.3 is 42.8 Å². The minimum absolute atomic E-state index is 1.03. The van der Waals surface area contributed by atoms with E-state index in [-0.39, 0.29) is 0 Å². The van der Waals surface area contributed by atoms with Crippen LogP contribution in [0, 0.1) is 0 Å². The van der Waals surface area contributed by atoms with Crippen LogP contribution in [0.15, 0.2) is 0 Å². The molecule has 0 bridgehead atoms. The predicted octanol–water partition coefficient (Wildman–Crippen LogP) is -1.33. The van der Waals surface area contributed by atoms with E-state index in [1.165, 1.54) is 0 Å². The van der Waals surface area contributed by atoms with Crippen molar-refractivity contribution in [1.82, 2.24) is 0 Å². The van der Waals surface area contributed by atoms with Crippen LogP contribution in [-0.4, -0.2) is 92.8 Å². The van der Waals surface area contributed by atoms with Crippen LogP contribution in [0.2, 0.25) is 65.5 Å². The molecule has 0 atom stereocenters. The van der Waals surface area contributed by atoms with E-state index < -0.39 is 92.8 Å². The Morgan fingerprint density at radius 3 is 0.867 bits per heavy atom. The third-order valence-corrected chi connectivity index (χ3v) is 31.0. The van der Waals surface area contributed by atoms with E-state index >= 15 is 0 Å². The molecule has 30 heavy (non-hydrogen) atoms. The molecule has 0 N–H and O–H groups in total. The van der Waals surface area contributed by atoms with E-state index in [0.29, 0.717) is 0 Å². The summed E-state index contributed by atoms with van der Waals surface area (Å²) in [6.07, 6.45) is 0. The van der Waals surface area contributed by atoms with Gasteiger partial charge in [-0.25, -0.2) is 0 Å². The molecule has 10 nitrogen and oxygen atoms in total. The lowest BCUT2D eigenvalue weighted by Crippen LogP contribution is -2.59. The molecule has 0 spiro atoms. The lowest BCUT2D eigenvalue weighted by atomic mass is 11.9. The minimum Gasteiger partial charge on any atom is -0.425 e. The van der Waals surface area contributed by atoms with Crippen LogP contribution >= 0.6 is 0 Å². The van der Waals surface area contributed by atoms with Gasteiger partial charge in [0.15, 0.2) is 0 Å². The fraction of sp³-hybridized carbons (Fsp3) is 1.00. The highest BCUT2D eigenvalue weighted by molar-refractivity contribution is 6.89. The van der Waals surface area contributed by atoms with Gasteiger partial charge in [-0.1, -0.05) is 0 Å². The third-order valence-electron chi connectivity index (χ3n) is 3.45. The summed E-state index contributed by atoms with van der Waals surface area (Å²) >= 11 is 0. The molecule has 1 aliphatic heterocycles. The fourth-order valence-corrected chi connectivity index (χ4v) is 35.4. The van der Waals surface area contributed by atoms with Crippen molar-refractivity contribution < 1.29 is 41.2 Å². The molecular weight excluding hydrogens is 561 g/mol. The zero-order valence-electron chi connectivity index (χ0n) is 20.1. The summed E-state index contributed by atoms with van der Waals surface area (Å²) in [6.45, 7) is 20.4. The van der Waals surface area contributed by atoms with Gasteiger partial charge in [-0.05, 0) is 65.5 Å². The highest BCUT2D eigenvalue weighted by Crippen LogP contribution is 2.26. The Hall–Kier alpha value is 1.77. The van der Waals surface area contributed by atoms with Gasteiger partial charge in [-0.2, -0.15) is 0 Å². The van der Waals surface area contributed by atoms with Crippen LogP contribution in [0.5, 0.6) is 0 Å². The maximum atomic E-state index is 6.50. The number of rotatable bonds is 0. The Morgan fingerprint density at radius 1 is 0.333 bits per heavy atom. The molecular formula is C10H40O10Si10. The highest BCUT2D eigenvalue weighted by Gasteiger charge is 2.46. The Morgan fingerprint density at radius 2 is 0.567 bits per heavy atom. The molecule has 0 aliphatic carbocycles. The van der Waals surface area contributed by atoms with Crippen molar-refractivity contribution in [2.24, 2.45) is 0 Å². The molecule has 0 saturated carbocycles. The zero-order valence-corrected chi connectivity index (χ0v) is 32.2. The Bertz CT molecular complexity index is 480. The summed E-state index contributed by atoms with van der Waals surface area (Å²) in [5.41, 5.74) is 0. The van der Waals surface area contributed by atoms with Crippen molar-refractivity contribution in [2.45, 2.75) is 65.5 Å². The lowest BCUT2D eigenvalue weighted by Gasteiger charge is -2.41. The van der Waals surface area contributed by atoms with Crippen LogP contribution in [0.3, 0.4) is 0 Å². The molecule has 1 saturated heterocycles. The van der Waals surface area contributed by atoms with Crippen LogP contribution in [0.1, 0.15) is 0 Å². The van der Waals surface area contributed by atoms with Crippen molar-refractivity contribution in [2.75, 3.05) is 0 Å². The van der Waals surface area contributed by atoms with Crippen molar-refractivity contribution in [1.29, 1.82) is 0 Å². The molecule has 0 aromatic rings. The monoisotopic (exact) mass is 600 g/mol. The van der Waals surface area contributed by atoms with E-state index in [1.807, 2.05) is 65.5 Å². The second-order valence-corrected chi connectivity index (χ2v) is 36.4. The van der Waals surface area contributed by atoms with E-state index in [0.717, 1.165) is 0 Å². The molecule has 0 amide bonds. The highest BCUT2D eigenvalue weighted by atomic mass is 28.5. The van der Waals surface area contributed by atoms with Gasteiger partial charge in [-0.3, -0.25) is 0 Å². The first-order valence-electron chi connectivity index (χ1n) is 9.93. The van der Waals surface area contributed by atoms with Crippen LogP contribution in [0.25, 0.3) is 0 Å². The Balaban J connectivity index is 2.87. The van der Waals surface area contributed by atoms with Crippen LogP contribution in [-0.2, 0) is 41.2 Å². The smallest absolute Gasteiger partial charge is 0.314 e. The summed E-state index contributed by atoms with van der Waals surface area (Å²) in [7, 11) is -17.6. The topological polar surface area (TPSA) is 92.3 Å². The molecule has 0 unspecified atom stereocenters. The second-order valence-electron chi connectivity index (χ2n) is 9.10. The van der Waals surface area contributed by atoms with Gasteiger partial charge in [0.05, 0.1) is 0 Å². The maximum absolute atomic E-state index is 6.50. The van der Waals surface area contributed by atoms with E-state index in [2.05, 4.69) is 0 Å². The maximum Gasteiger partial charge on any atom is 0.314 e. The average molecular weight is 601 g/mol. The molecule has 1 fully saturated rings. The first-order chi connectivity index (χ1) is 13.5. The number of hydrogen-bond acceptors (Lipinski definition) is 10. The quantitative estimate of drug-likeness (QED) is 0.312. The first kappa shape index (κ1) is 29.8. The number of hydrogen-bond donors (Lipinski definition) is 0. The van der Waals surface area contributed by atoms with Gasteiger partial charge in [0.1, 0.15) is 0 Å². The Labute approximate surface area is 198 Å². The standard InChI is InChI=1S/C10H40O10Si10/c1-26(2)15-24-13-22-11-21-12-23-14-25-16-27(3,4)18-29(7,8)20-30(9,10)19-28(5,6)17-26/h21-25H2,1-10H3. The van der Waals surface area contributed by atoms with Crippen molar-refractivity contribution in [3.05, 3.63) is 0 Å². The average Bonchev–Trinajstić information content (AvgIpc) is 2.46. The minimum atomic E-state index is -2.50. The second kappa shape index (κ2) is 12.5. The molecule has 1 aliphatic rings. The molecule has 1 rings (SSSR count). The fourth-order valence-electron chi connectivity index (χ4n) is 3.17. The van der Waals surface area contributed by atoms with E-state index in [1.54, 1.807) is 0 Å². The molecule has 0 radical (unpaired) electrons. The van der Waals surface area contributed by atoms with Gasteiger partial charge < -0.3 is 41.2 Å². The van der Waals surface area contributed by atoms with Gasteiger partial charge in [0.25, 0.3) is 50.0 Å². The van der Waals surface area contributed by atoms with Gasteiger partial charge in [0.2, 0.25) is 0 Å². The summed E-state index contributed by atoms with van der Waals surface area (Å²) < 4.78 is 60.4. The van der Waals surface area contributed by atoms with Crippen molar-refractivity contribution in [3.63, 3.8) is 0 Å². The van der Waals surface area contributed by atoms with Gasteiger partial charge in [0, 0.05) is 0 Å². The first-order valence-corrected chi connectivity index (χ1v) is 29.8. The summed E-state index contributed by atoms with van der Waals surface area (Å²) in [5.74, 6) is 0. The molecule has 0 aromatic carbocycles. The molecule has 20 heteroatoms. The van der Waals surface area contributed by atoms with Crippen molar-refractivity contribution in [3.8, 4) is 0 Å². The third kappa shape index (κ3) is 14.1. The predicted molar refractivity (Wildman–Crippen MR) is 141 cm³/mol. The SMILES string of the molecule is C[Si]1(C)O[SiH2]O[SiH2]O[SiH2]O[SiH2]O[SiH2]O[Si](C)(C)O[Si](C)(C)O[Si](C)(C)O[Si](C)(C)O1. The van der Waals surface area contributed by atoms with E-state index in [9.17, 15) is 0 Å². The molecule has 1 heterocycles. The van der Waals surface area contributed by atoms with Gasteiger partial charge in [-0.15, -0.1) is 0 Å². The molecule has 180 valence electrons. The van der Waals surface area contributed by atoms with Crippen LogP contribution < -0.4 is 0 Å². The lowest BCUT2D eigenvalue weighted by molar-refractivity contribution is 0.267. The molecule has 0 aromatic heterocycles. The van der Waals surface area contributed by atoms with Crippen molar-refractivity contribution >= 4 is 92.8 Å². The zero-order chi connectivity index (χ0) is 23.1.